The quantitative estimate of drug-likeness (QED) is 0.680. The van der Waals surface area contributed by atoms with Gasteiger partial charge in [0, 0.05) is 17.1 Å². The average molecular weight is 445 g/mol. The van der Waals surface area contributed by atoms with Gasteiger partial charge in [-0.25, -0.2) is 0 Å². The van der Waals surface area contributed by atoms with E-state index < -0.39 is 6.04 Å². The van der Waals surface area contributed by atoms with Crippen LogP contribution in [-0.2, 0) is 22.6 Å². The molecule has 0 saturated carbocycles. The Kier molecular flexibility index (Phi) is 7.81. The van der Waals surface area contributed by atoms with Gasteiger partial charge in [0.15, 0.2) is 0 Å². The van der Waals surface area contributed by atoms with Gasteiger partial charge in [0.2, 0.25) is 11.8 Å². The Labute approximate surface area is 176 Å². The molecular weight excluding hydrogens is 416 g/mol. The van der Waals surface area contributed by atoms with E-state index in [0.29, 0.717) is 6.54 Å². The van der Waals surface area contributed by atoms with Crippen LogP contribution >= 0.6 is 15.9 Å². The maximum atomic E-state index is 13.2. The van der Waals surface area contributed by atoms with E-state index in [1.165, 1.54) is 0 Å². The summed E-state index contributed by atoms with van der Waals surface area (Å²) in [5, 5.41) is 2.92. The maximum absolute atomic E-state index is 13.2. The minimum atomic E-state index is -0.556. The van der Waals surface area contributed by atoms with Crippen molar-refractivity contribution in [2.45, 2.75) is 59.7 Å². The molecule has 2 amide bonds. The first-order chi connectivity index (χ1) is 13.2. The summed E-state index contributed by atoms with van der Waals surface area (Å²) in [6, 6.07) is 13.4. The van der Waals surface area contributed by atoms with E-state index in [-0.39, 0.29) is 24.3 Å². The standard InChI is InChI=1S/C23H29BrN2O2/c1-15(2)25-23(28)18(5)26(14-19-7-6-8-21(24)12-19)22(27)13-20-10-16(3)9-17(4)11-20/h6-12,15,18H,13-14H2,1-5H3,(H,25,28). The van der Waals surface area contributed by atoms with Crippen molar-refractivity contribution in [2.24, 2.45) is 0 Å². The van der Waals surface area contributed by atoms with Crippen molar-refractivity contribution in [3.05, 3.63) is 69.2 Å². The summed E-state index contributed by atoms with van der Waals surface area (Å²) in [7, 11) is 0. The van der Waals surface area contributed by atoms with Crippen molar-refractivity contribution in [2.75, 3.05) is 0 Å². The second kappa shape index (κ2) is 9.87. The topological polar surface area (TPSA) is 49.4 Å². The van der Waals surface area contributed by atoms with Crippen LogP contribution in [0.3, 0.4) is 0 Å². The Morgan fingerprint density at radius 3 is 2.21 bits per heavy atom. The van der Waals surface area contributed by atoms with Gasteiger partial charge in [0.1, 0.15) is 6.04 Å². The van der Waals surface area contributed by atoms with E-state index in [4.69, 9.17) is 0 Å². The molecule has 4 nitrogen and oxygen atoms in total. The van der Waals surface area contributed by atoms with Crippen LogP contribution in [-0.4, -0.2) is 28.8 Å². The zero-order valence-corrected chi connectivity index (χ0v) is 18.8. The normalized spacial score (nSPS) is 12.0. The van der Waals surface area contributed by atoms with E-state index in [0.717, 1.165) is 26.7 Å². The van der Waals surface area contributed by atoms with E-state index >= 15 is 0 Å². The van der Waals surface area contributed by atoms with Crippen molar-refractivity contribution < 1.29 is 9.59 Å². The molecule has 0 spiro atoms. The van der Waals surface area contributed by atoms with Crippen LogP contribution in [0.2, 0.25) is 0 Å². The van der Waals surface area contributed by atoms with Gasteiger partial charge in [-0.15, -0.1) is 0 Å². The molecule has 0 radical (unpaired) electrons. The predicted molar refractivity (Wildman–Crippen MR) is 117 cm³/mol. The maximum Gasteiger partial charge on any atom is 0.242 e. The molecule has 1 N–H and O–H groups in total. The van der Waals surface area contributed by atoms with Gasteiger partial charge in [-0.05, 0) is 57.9 Å². The second-order valence-electron chi connectivity index (χ2n) is 7.66. The molecule has 150 valence electrons. The molecule has 0 saturated heterocycles. The van der Waals surface area contributed by atoms with Gasteiger partial charge in [0.05, 0.1) is 6.42 Å². The molecule has 1 unspecified atom stereocenters. The molecule has 2 aromatic carbocycles. The number of hydrogen-bond donors (Lipinski definition) is 1. The molecule has 1 atom stereocenters. The molecule has 0 bridgehead atoms. The van der Waals surface area contributed by atoms with E-state index in [1.807, 2.05) is 64.1 Å². The molecule has 0 heterocycles. The largest absolute Gasteiger partial charge is 0.352 e. The monoisotopic (exact) mass is 444 g/mol. The molecule has 0 aliphatic heterocycles. The SMILES string of the molecule is Cc1cc(C)cc(CC(=O)N(Cc2cccc(Br)c2)C(C)C(=O)NC(C)C)c1. The van der Waals surface area contributed by atoms with Gasteiger partial charge < -0.3 is 10.2 Å². The number of halogens is 1. The van der Waals surface area contributed by atoms with Crippen molar-refractivity contribution in [3.8, 4) is 0 Å². The van der Waals surface area contributed by atoms with E-state index in [1.54, 1.807) is 11.8 Å². The number of aryl methyl sites for hydroxylation is 2. The predicted octanol–water partition coefficient (Wildman–Crippen LogP) is 4.55. The first kappa shape index (κ1) is 22.2. The molecule has 0 aromatic heterocycles. The van der Waals surface area contributed by atoms with Crippen LogP contribution in [0.15, 0.2) is 46.9 Å². The van der Waals surface area contributed by atoms with Gasteiger partial charge >= 0.3 is 0 Å². The molecule has 2 rings (SSSR count). The van der Waals surface area contributed by atoms with Crippen molar-refractivity contribution in [1.82, 2.24) is 10.2 Å². The molecule has 0 aliphatic carbocycles. The summed E-state index contributed by atoms with van der Waals surface area (Å²) < 4.78 is 0.950. The molecule has 0 aliphatic rings. The first-order valence-corrected chi connectivity index (χ1v) is 10.4. The summed E-state index contributed by atoms with van der Waals surface area (Å²) in [6.07, 6.45) is 0.274. The fraction of sp³-hybridized carbons (Fsp3) is 0.391. The Bertz CT molecular complexity index is 828. The highest BCUT2D eigenvalue weighted by molar-refractivity contribution is 9.10. The lowest BCUT2D eigenvalue weighted by molar-refractivity contribution is -0.140. The van der Waals surface area contributed by atoms with Gasteiger partial charge in [0.25, 0.3) is 0 Å². The zero-order valence-electron chi connectivity index (χ0n) is 17.3. The number of hydrogen-bond acceptors (Lipinski definition) is 2. The summed E-state index contributed by atoms with van der Waals surface area (Å²) in [5.74, 6) is -0.199. The fourth-order valence-electron chi connectivity index (χ4n) is 3.27. The summed E-state index contributed by atoms with van der Waals surface area (Å²) in [4.78, 5) is 27.5. The third-order valence-electron chi connectivity index (χ3n) is 4.48. The zero-order chi connectivity index (χ0) is 20.8. The van der Waals surface area contributed by atoms with Gasteiger partial charge in [-0.3, -0.25) is 9.59 Å². The Balaban J connectivity index is 2.27. The van der Waals surface area contributed by atoms with Crippen LogP contribution in [0.25, 0.3) is 0 Å². The highest BCUT2D eigenvalue weighted by Gasteiger charge is 2.26. The number of rotatable bonds is 7. The Hall–Kier alpha value is -2.14. The third-order valence-corrected chi connectivity index (χ3v) is 4.97. The van der Waals surface area contributed by atoms with Crippen LogP contribution in [0, 0.1) is 13.8 Å². The number of carbonyl (C=O) groups is 2. The van der Waals surface area contributed by atoms with Gasteiger partial charge in [-0.2, -0.15) is 0 Å². The van der Waals surface area contributed by atoms with Crippen LogP contribution < -0.4 is 5.32 Å². The highest BCUT2D eigenvalue weighted by atomic mass is 79.9. The molecular formula is C23H29BrN2O2. The van der Waals surface area contributed by atoms with Crippen molar-refractivity contribution >= 4 is 27.7 Å². The van der Waals surface area contributed by atoms with Crippen LogP contribution in [0.4, 0.5) is 0 Å². The fourth-order valence-corrected chi connectivity index (χ4v) is 3.71. The third kappa shape index (κ3) is 6.48. The molecule has 28 heavy (non-hydrogen) atoms. The average Bonchev–Trinajstić information content (AvgIpc) is 2.57. The van der Waals surface area contributed by atoms with Crippen molar-refractivity contribution in [3.63, 3.8) is 0 Å². The molecule has 0 fully saturated rings. The Morgan fingerprint density at radius 1 is 1.00 bits per heavy atom. The van der Waals surface area contributed by atoms with Crippen LogP contribution in [0.1, 0.15) is 43.0 Å². The second-order valence-corrected chi connectivity index (χ2v) is 8.58. The lowest BCUT2D eigenvalue weighted by atomic mass is 10.0. The van der Waals surface area contributed by atoms with E-state index in [2.05, 4.69) is 27.3 Å². The Morgan fingerprint density at radius 2 is 1.64 bits per heavy atom. The van der Waals surface area contributed by atoms with Crippen molar-refractivity contribution in [1.29, 1.82) is 0 Å². The van der Waals surface area contributed by atoms with Crippen LogP contribution in [0.5, 0.6) is 0 Å². The van der Waals surface area contributed by atoms with E-state index in [9.17, 15) is 9.59 Å². The number of benzene rings is 2. The number of nitrogens with zero attached hydrogens (tertiary/aromatic N) is 1. The number of amides is 2. The number of carbonyl (C=O) groups excluding carboxylic acids is 2. The minimum absolute atomic E-state index is 0.0252. The summed E-state index contributed by atoms with van der Waals surface area (Å²) in [5.41, 5.74) is 4.21. The first-order valence-electron chi connectivity index (χ1n) is 9.57. The summed E-state index contributed by atoms with van der Waals surface area (Å²) in [6.45, 7) is 10.1. The lowest BCUT2D eigenvalue weighted by Gasteiger charge is -2.29. The summed E-state index contributed by atoms with van der Waals surface area (Å²) >= 11 is 3.47. The lowest BCUT2D eigenvalue weighted by Crippen LogP contribution is -2.49. The molecule has 2 aromatic rings. The smallest absolute Gasteiger partial charge is 0.242 e. The number of nitrogens with one attached hydrogen (secondary N) is 1. The minimum Gasteiger partial charge on any atom is -0.352 e. The van der Waals surface area contributed by atoms with Gasteiger partial charge in [-0.1, -0.05) is 57.4 Å². The molecule has 5 heteroatoms. The highest BCUT2D eigenvalue weighted by Crippen LogP contribution is 2.17.